The van der Waals surface area contributed by atoms with E-state index in [1.807, 2.05) is 95.2 Å². The van der Waals surface area contributed by atoms with Gasteiger partial charge < -0.3 is 24.8 Å². The van der Waals surface area contributed by atoms with E-state index in [0.29, 0.717) is 30.8 Å². The maximum atomic E-state index is 14.1. The van der Waals surface area contributed by atoms with Gasteiger partial charge in [-0.05, 0) is 63.3 Å². The van der Waals surface area contributed by atoms with Gasteiger partial charge in [0, 0.05) is 30.1 Å². The van der Waals surface area contributed by atoms with E-state index in [0.717, 1.165) is 34.2 Å². The summed E-state index contributed by atoms with van der Waals surface area (Å²) in [7, 11) is 0. The second-order valence-electron chi connectivity index (χ2n) is 17.1. The largest absolute Gasteiger partial charge is 0.507 e. The number of carbonyl (C=O) groups excluding carboxylic acids is 2. The molecule has 3 N–H and O–H groups in total. The number of phenols is 1. The Morgan fingerprint density at radius 3 is 1.55 bits per heavy atom. The highest BCUT2D eigenvalue weighted by Gasteiger charge is 2.34. The molecule has 2 atom stereocenters. The number of hydrogen-bond donors (Lipinski definition) is 3. The highest BCUT2D eigenvalue weighted by molar-refractivity contribution is 5.76. The zero-order chi connectivity index (χ0) is 36.1. The summed E-state index contributed by atoms with van der Waals surface area (Å²) in [5.41, 5.74) is 2.11. The van der Waals surface area contributed by atoms with Gasteiger partial charge in [0.2, 0.25) is 0 Å². The molecule has 0 radical (unpaired) electrons. The van der Waals surface area contributed by atoms with Crippen LogP contribution in [0.15, 0.2) is 24.3 Å². The summed E-state index contributed by atoms with van der Waals surface area (Å²) in [6.45, 7) is 26.2. The van der Waals surface area contributed by atoms with Gasteiger partial charge in [-0.3, -0.25) is 9.59 Å². The molecule has 7 heteroatoms. The van der Waals surface area contributed by atoms with Crippen LogP contribution in [0.4, 0.5) is 0 Å². The van der Waals surface area contributed by atoms with Crippen LogP contribution in [0.5, 0.6) is 17.2 Å². The molecule has 0 saturated carbocycles. The fourth-order valence-electron chi connectivity index (χ4n) is 5.76. The van der Waals surface area contributed by atoms with Crippen molar-refractivity contribution in [2.24, 2.45) is 0 Å². The molecular weight excluding hydrogens is 592 g/mol. The van der Waals surface area contributed by atoms with Crippen molar-refractivity contribution in [3.8, 4) is 17.2 Å². The van der Waals surface area contributed by atoms with Gasteiger partial charge in [-0.25, -0.2) is 0 Å². The minimum absolute atomic E-state index is 0.0845. The van der Waals surface area contributed by atoms with E-state index in [1.165, 1.54) is 0 Å². The number of esters is 2. The number of ether oxygens (including phenoxy) is 2. The Kier molecular flexibility index (Phi) is 13.3. The lowest BCUT2D eigenvalue weighted by molar-refractivity contribution is -0.136. The Morgan fingerprint density at radius 2 is 1.15 bits per heavy atom. The van der Waals surface area contributed by atoms with Gasteiger partial charge in [-0.15, -0.1) is 0 Å². The van der Waals surface area contributed by atoms with Crippen molar-refractivity contribution in [2.45, 2.75) is 162 Å². The lowest BCUT2D eigenvalue weighted by Gasteiger charge is -2.32. The SMILES string of the molecule is CCC(=O)Oc1cc(C(C)(C)C)c(OC(=O)CC(c2cc(C(C)(C)C)c(O)c(C(C)(C)C)c2)C(O)CCCCCO)c(C(C)(C)C)c1. The van der Waals surface area contributed by atoms with Crippen LogP contribution in [0.1, 0.15) is 162 Å². The fraction of sp³-hybridized carbons (Fsp3) is 0.650. The normalized spacial score (nSPS) is 14.1. The topological polar surface area (TPSA) is 113 Å². The molecule has 2 unspecified atom stereocenters. The first-order valence-electron chi connectivity index (χ1n) is 17.2. The molecular formula is C40H62O7. The Balaban J connectivity index is 2.72. The van der Waals surface area contributed by atoms with Gasteiger partial charge in [0.15, 0.2) is 0 Å². The number of carbonyl (C=O) groups is 2. The van der Waals surface area contributed by atoms with Gasteiger partial charge in [0.05, 0.1) is 12.5 Å². The molecule has 264 valence electrons. The highest BCUT2D eigenvalue weighted by Crippen LogP contribution is 2.45. The molecule has 0 amide bonds. The van der Waals surface area contributed by atoms with E-state index in [2.05, 4.69) is 0 Å². The monoisotopic (exact) mass is 654 g/mol. The molecule has 2 aromatic carbocycles. The molecule has 7 nitrogen and oxygen atoms in total. The van der Waals surface area contributed by atoms with Crippen LogP contribution in [0.25, 0.3) is 0 Å². The second-order valence-corrected chi connectivity index (χ2v) is 17.1. The van der Waals surface area contributed by atoms with Crippen molar-refractivity contribution in [3.63, 3.8) is 0 Å². The van der Waals surface area contributed by atoms with Crippen LogP contribution in [0.3, 0.4) is 0 Å². The maximum Gasteiger partial charge on any atom is 0.311 e. The van der Waals surface area contributed by atoms with Gasteiger partial charge in [0.1, 0.15) is 17.2 Å². The van der Waals surface area contributed by atoms with Crippen LogP contribution in [0.2, 0.25) is 0 Å². The van der Waals surface area contributed by atoms with Crippen LogP contribution in [0, 0.1) is 0 Å². The number of aromatic hydroxyl groups is 1. The van der Waals surface area contributed by atoms with Crippen LogP contribution in [-0.2, 0) is 31.2 Å². The third kappa shape index (κ3) is 11.1. The third-order valence-corrected chi connectivity index (χ3v) is 8.60. The van der Waals surface area contributed by atoms with Gasteiger partial charge in [-0.2, -0.15) is 0 Å². The average Bonchev–Trinajstić information content (AvgIpc) is 2.92. The van der Waals surface area contributed by atoms with Crippen molar-refractivity contribution in [1.29, 1.82) is 0 Å². The summed E-state index contributed by atoms with van der Waals surface area (Å²) in [6, 6.07) is 7.42. The molecule has 0 aliphatic rings. The Bertz CT molecular complexity index is 1310. The Morgan fingerprint density at radius 1 is 0.681 bits per heavy atom. The van der Waals surface area contributed by atoms with Crippen molar-refractivity contribution in [2.75, 3.05) is 6.61 Å². The van der Waals surface area contributed by atoms with E-state index in [9.17, 15) is 24.9 Å². The van der Waals surface area contributed by atoms with Gasteiger partial charge >= 0.3 is 11.9 Å². The number of unbranched alkanes of at least 4 members (excludes halogenated alkanes) is 2. The minimum Gasteiger partial charge on any atom is -0.507 e. The smallest absolute Gasteiger partial charge is 0.311 e. The van der Waals surface area contributed by atoms with Gasteiger partial charge in [0.25, 0.3) is 0 Å². The molecule has 2 rings (SSSR count). The summed E-state index contributed by atoms with van der Waals surface area (Å²) < 4.78 is 11.9. The van der Waals surface area contributed by atoms with E-state index < -0.39 is 28.8 Å². The molecule has 2 aromatic rings. The molecule has 0 aliphatic heterocycles. The first-order chi connectivity index (χ1) is 21.4. The number of benzene rings is 2. The zero-order valence-corrected chi connectivity index (χ0v) is 31.4. The van der Waals surface area contributed by atoms with Crippen LogP contribution < -0.4 is 9.47 Å². The fourth-order valence-corrected chi connectivity index (χ4v) is 5.76. The molecule has 0 aliphatic carbocycles. The molecule has 0 bridgehead atoms. The summed E-state index contributed by atoms with van der Waals surface area (Å²) >= 11 is 0. The zero-order valence-electron chi connectivity index (χ0n) is 31.4. The molecule has 0 saturated heterocycles. The quantitative estimate of drug-likeness (QED) is 0.119. The van der Waals surface area contributed by atoms with Crippen molar-refractivity contribution >= 4 is 11.9 Å². The van der Waals surface area contributed by atoms with Crippen molar-refractivity contribution < 1.29 is 34.4 Å². The Hall–Kier alpha value is -2.90. The van der Waals surface area contributed by atoms with E-state index in [1.54, 1.807) is 19.1 Å². The number of hydrogen-bond acceptors (Lipinski definition) is 7. The Labute approximate surface area is 284 Å². The molecule has 0 aromatic heterocycles. The molecule has 0 spiro atoms. The molecule has 0 heterocycles. The number of phenolic OH excluding ortho intramolecular Hbond substituents is 1. The predicted octanol–water partition coefficient (Wildman–Crippen LogP) is 8.89. The predicted molar refractivity (Wildman–Crippen MR) is 190 cm³/mol. The van der Waals surface area contributed by atoms with Gasteiger partial charge in [-0.1, -0.05) is 115 Å². The second kappa shape index (κ2) is 15.5. The van der Waals surface area contributed by atoms with Crippen LogP contribution in [-0.4, -0.2) is 40.0 Å². The summed E-state index contributed by atoms with van der Waals surface area (Å²) in [5, 5.41) is 32.3. The number of aliphatic hydroxyl groups excluding tert-OH is 2. The molecule has 47 heavy (non-hydrogen) atoms. The summed E-state index contributed by atoms with van der Waals surface area (Å²) in [4.78, 5) is 26.3. The minimum atomic E-state index is -0.855. The third-order valence-electron chi connectivity index (χ3n) is 8.60. The first-order valence-corrected chi connectivity index (χ1v) is 17.2. The molecule has 0 fully saturated rings. The lowest BCUT2D eigenvalue weighted by Crippen LogP contribution is -2.27. The van der Waals surface area contributed by atoms with Crippen molar-refractivity contribution in [1.82, 2.24) is 0 Å². The lowest BCUT2D eigenvalue weighted by atomic mass is 9.75. The maximum absolute atomic E-state index is 14.1. The number of rotatable bonds is 12. The van der Waals surface area contributed by atoms with E-state index in [-0.39, 0.29) is 42.0 Å². The standard InChI is InChI=1S/C40H62O7/c1-14-33(43)46-26-22-30(39(8,9)10)36(31(23-26)40(11,12)13)47-34(44)24-27(32(42)18-16-15-17-19-41)25-20-28(37(2,3)4)35(45)29(21-25)38(5,6)7/h20-23,27,32,41-42,45H,14-19,24H2,1-13H3. The van der Waals surface area contributed by atoms with E-state index >= 15 is 0 Å². The number of aliphatic hydroxyl groups is 2. The first kappa shape index (κ1) is 40.3. The highest BCUT2D eigenvalue weighted by atomic mass is 16.5. The average molecular weight is 655 g/mol. The summed E-state index contributed by atoms with van der Waals surface area (Å²) in [6.07, 6.45) is 1.86. The van der Waals surface area contributed by atoms with E-state index in [4.69, 9.17) is 9.47 Å². The van der Waals surface area contributed by atoms with Crippen LogP contribution >= 0.6 is 0 Å². The summed E-state index contributed by atoms with van der Waals surface area (Å²) in [5.74, 6) is -0.332. The van der Waals surface area contributed by atoms with Crippen molar-refractivity contribution in [3.05, 3.63) is 52.1 Å².